The van der Waals surface area contributed by atoms with Crippen molar-refractivity contribution < 1.29 is 5.11 Å². The zero-order chi connectivity index (χ0) is 14.4. The molecule has 6 heteroatoms. The Labute approximate surface area is 127 Å². The van der Waals surface area contributed by atoms with Gasteiger partial charge < -0.3 is 16.2 Å². The predicted octanol–water partition coefficient (Wildman–Crippen LogP) is 1.83. The molecule has 1 fully saturated rings. The van der Waals surface area contributed by atoms with Gasteiger partial charge in [-0.15, -0.1) is 11.3 Å². The third-order valence-corrected chi connectivity index (χ3v) is 5.88. The molecule has 0 saturated heterocycles. The zero-order valence-corrected chi connectivity index (χ0v) is 12.7. The van der Waals surface area contributed by atoms with Gasteiger partial charge in [0.05, 0.1) is 17.5 Å². The van der Waals surface area contributed by atoms with Crippen LogP contribution in [-0.4, -0.2) is 33.3 Å². The molecular formula is C15H20N4OS. The molecule has 0 aromatic carbocycles. The number of aliphatic hydroxyl groups excluding tert-OH is 1. The summed E-state index contributed by atoms with van der Waals surface area (Å²) >= 11 is 1.79. The Bertz CT molecular complexity index is 671. The van der Waals surface area contributed by atoms with E-state index in [1.165, 1.54) is 22.2 Å². The Morgan fingerprint density at radius 3 is 3.05 bits per heavy atom. The fraction of sp³-hybridized carbons (Fsp3) is 0.600. The van der Waals surface area contributed by atoms with Crippen molar-refractivity contribution in [2.24, 2.45) is 5.73 Å². The molecule has 0 radical (unpaired) electrons. The second-order valence-corrected chi connectivity index (χ2v) is 7.23. The van der Waals surface area contributed by atoms with Gasteiger partial charge in [-0.25, -0.2) is 9.97 Å². The van der Waals surface area contributed by atoms with E-state index in [1.54, 1.807) is 17.7 Å². The monoisotopic (exact) mass is 304 g/mol. The van der Waals surface area contributed by atoms with Crippen LogP contribution in [0.15, 0.2) is 6.33 Å². The summed E-state index contributed by atoms with van der Waals surface area (Å²) in [5.74, 6) is 0.888. The minimum atomic E-state index is -0.398. The zero-order valence-electron chi connectivity index (χ0n) is 11.9. The van der Waals surface area contributed by atoms with Gasteiger partial charge in [-0.05, 0) is 44.1 Å². The molecule has 2 aromatic heterocycles. The molecule has 4 rings (SSSR count). The van der Waals surface area contributed by atoms with Crippen molar-refractivity contribution in [1.82, 2.24) is 9.97 Å². The summed E-state index contributed by atoms with van der Waals surface area (Å²) < 4.78 is 0. The average molecular weight is 304 g/mol. The highest BCUT2D eigenvalue weighted by molar-refractivity contribution is 7.19. The van der Waals surface area contributed by atoms with E-state index in [0.29, 0.717) is 6.42 Å². The molecule has 2 aliphatic rings. The summed E-state index contributed by atoms with van der Waals surface area (Å²) in [5, 5.41) is 14.9. The number of nitrogens with two attached hydrogens (primary N) is 1. The van der Waals surface area contributed by atoms with Gasteiger partial charge in [-0.2, -0.15) is 0 Å². The third kappa shape index (κ3) is 2.31. The van der Waals surface area contributed by atoms with E-state index in [9.17, 15) is 5.11 Å². The quantitative estimate of drug-likeness (QED) is 0.788. The van der Waals surface area contributed by atoms with Crippen molar-refractivity contribution in [3.05, 3.63) is 16.8 Å². The van der Waals surface area contributed by atoms with E-state index in [2.05, 4.69) is 15.3 Å². The molecule has 112 valence electrons. The number of nitrogens with one attached hydrogen (secondary N) is 1. The minimum absolute atomic E-state index is 0.0415. The van der Waals surface area contributed by atoms with Gasteiger partial charge in [-0.1, -0.05) is 0 Å². The SMILES string of the molecule is N[C@@H]1CC[C@@H](Nc2ncnc3sc4c(c23)CCC4)[C@@H](O)C1. The van der Waals surface area contributed by atoms with Crippen LogP contribution in [0.3, 0.4) is 0 Å². The standard InChI is InChI=1S/C15H20N4OS/c16-8-4-5-10(11(20)6-8)19-14-13-9-2-1-3-12(9)21-15(13)18-7-17-14/h7-8,10-11,20H,1-6,16H2,(H,17,18,19)/t8-,10-,11+/m1/s1. The van der Waals surface area contributed by atoms with E-state index in [-0.39, 0.29) is 12.1 Å². The van der Waals surface area contributed by atoms with Crippen LogP contribution in [0.4, 0.5) is 5.82 Å². The average Bonchev–Trinajstić information content (AvgIpc) is 3.02. The van der Waals surface area contributed by atoms with Crippen LogP contribution in [0.25, 0.3) is 10.2 Å². The van der Waals surface area contributed by atoms with Crippen molar-refractivity contribution >= 4 is 27.4 Å². The number of thiophene rings is 1. The van der Waals surface area contributed by atoms with Gasteiger partial charge in [0, 0.05) is 10.9 Å². The number of nitrogens with zero attached hydrogens (tertiary/aromatic N) is 2. The molecule has 1 saturated carbocycles. The molecule has 0 amide bonds. The van der Waals surface area contributed by atoms with Crippen LogP contribution in [-0.2, 0) is 12.8 Å². The lowest BCUT2D eigenvalue weighted by Crippen LogP contribution is -2.44. The van der Waals surface area contributed by atoms with Gasteiger partial charge >= 0.3 is 0 Å². The highest BCUT2D eigenvalue weighted by Crippen LogP contribution is 2.39. The first kappa shape index (κ1) is 13.4. The van der Waals surface area contributed by atoms with Gasteiger partial charge in [0.1, 0.15) is 17.0 Å². The van der Waals surface area contributed by atoms with E-state index in [4.69, 9.17) is 5.73 Å². The van der Waals surface area contributed by atoms with Crippen LogP contribution < -0.4 is 11.1 Å². The van der Waals surface area contributed by atoms with Crippen molar-refractivity contribution in [3.63, 3.8) is 0 Å². The smallest absolute Gasteiger partial charge is 0.138 e. The Morgan fingerprint density at radius 2 is 2.19 bits per heavy atom. The first-order valence-corrected chi connectivity index (χ1v) is 8.49. The van der Waals surface area contributed by atoms with Crippen LogP contribution >= 0.6 is 11.3 Å². The molecule has 0 unspecified atom stereocenters. The van der Waals surface area contributed by atoms with E-state index in [0.717, 1.165) is 36.3 Å². The number of hydrogen-bond acceptors (Lipinski definition) is 6. The summed E-state index contributed by atoms with van der Waals surface area (Å²) in [4.78, 5) is 11.4. The number of aryl methyl sites for hydroxylation is 2. The molecule has 2 heterocycles. The molecule has 0 spiro atoms. The fourth-order valence-electron chi connectivity index (χ4n) is 3.56. The van der Waals surface area contributed by atoms with Gasteiger partial charge in [0.15, 0.2) is 0 Å². The van der Waals surface area contributed by atoms with Crippen LogP contribution in [0.5, 0.6) is 0 Å². The maximum Gasteiger partial charge on any atom is 0.138 e. The van der Waals surface area contributed by atoms with Gasteiger partial charge in [0.25, 0.3) is 0 Å². The van der Waals surface area contributed by atoms with Crippen molar-refractivity contribution in [2.75, 3.05) is 5.32 Å². The lowest BCUT2D eigenvalue weighted by molar-refractivity contribution is 0.107. The molecule has 5 nitrogen and oxygen atoms in total. The molecule has 3 atom stereocenters. The predicted molar refractivity (Wildman–Crippen MR) is 84.7 cm³/mol. The minimum Gasteiger partial charge on any atom is -0.391 e. The lowest BCUT2D eigenvalue weighted by atomic mass is 9.89. The number of fused-ring (bicyclic) bond motifs is 3. The lowest BCUT2D eigenvalue weighted by Gasteiger charge is -2.32. The second kappa shape index (κ2) is 5.19. The van der Waals surface area contributed by atoms with Crippen molar-refractivity contribution in [3.8, 4) is 0 Å². The number of anilines is 1. The second-order valence-electron chi connectivity index (χ2n) is 6.15. The Morgan fingerprint density at radius 1 is 1.29 bits per heavy atom. The largest absolute Gasteiger partial charge is 0.391 e. The van der Waals surface area contributed by atoms with E-state index >= 15 is 0 Å². The molecule has 4 N–H and O–H groups in total. The summed E-state index contributed by atoms with van der Waals surface area (Å²) in [6.07, 6.45) is 7.24. The maximum absolute atomic E-state index is 10.2. The highest BCUT2D eigenvalue weighted by atomic mass is 32.1. The highest BCUT2D eigenvalue weighted by Gasteiger charge is 2.29. The first-order valence-electron chi connectivity index (χ1n) is 7.68. The number of aromatic nitrogens is 2. The van der Waals surface area contributed by atoms with Crippen molar-refractivity contribution in [2.45, 2.75) is 56.7 Å². The first-order chi connectivity index (χ1) is 10.2. The van der Waals surface area contributed by atoms with Crippen molar-refractivity contribution in [1.29, 1.82) is 0 Å². The number of hydrogen-bond donors (Lipinski definition) is 3. The molecule has 2 aromatic rings. The van der Waals surface area contributed by atoms with Crippen LogP contribution in [0.2, 0.25) is 0 Å². The molecule has 21 heavy (non-hydrogen) atoms. The van der Waals surface area contributed by atoms with E-state index < -0.39 is 6.10 Å². The Balaban J connectivity index is 1.67. The molecule has 2 aliphatic carbocycles. The topological polar surface area (TPSA) is 84.1 Å². The molecule has 0 bridgehead atoms. The van der Waals surface area contributed by atoms with Gasteiger partial charge in [-0.3, -0.25) is 0 Å². The Kier molecular flexibility index (Phi) is 3.32. The third-order valence-electron chi connectivity index (χ3n) is 4.68. The Hall–Kier alpha value is -1.24. The van der Waals surface area contributed by atoms with Crippen LogP contribution in [0.1, 0.15) is 36.1 Å². The maximum atomic E-state index is 10.2. The number of aliphatic hydroxyl groups is 1. The summed E-state index contributed by atoms with van der Waals surface area (Å²) in [6.45, 7) is 0. The number of rotatable bonds is 2. The van der Waals surface area contributed by atoms with Gasteiger partial charge in [0.2, 0.25) is 0 Å². The summed E-state index contributed by atoms with van der Waals surface area (Å²) in [7, 11) is 0. The van der Waals surface area contributed by atoms with E-state index in [1.807, 2.05) is 0 Å². The summed E-state index contributed by atoms with van der Waals surface area (Å²) in [6, 6.07) is 0.161. The fourth-order valence-corrected chi connectivity index (χ4v) is 4.79. The molecular weight excluding hydrogens is 284 g/mol. The molecule has 0 aliphatic heterocycles. The van der Waals surface area contributed by atoms with Crippen LogP contribution in [0, 0.1) is 0 Å². The normalized spacial score (nSPS) is 28.8. The summed E-state index contributed by atoms with van der Waals surface area (Å²) in [5.41, 5.74) is 7.33.